The number of thioether (sulfide) groups is 1. The predicted octanol–water partition coefficient (Wildman–Crippen LogP) is 5.88. The third kappa shape index (κ3) is 3.46. The van der Waals surface area contributed by atoms with Crippen molar-refractivity contribution in [2.75, 3.05) is 5.75 Å². The van der Waals surface area contributed by atoms with Gasteiger partial charge in [-0.25, -0.2) is 4.98 Å². The first kappa shape index (κ1) is 19.5. The molecule has 0 radical (unpaired) electrons. The Kier molecular flexibility index (Phi) is 5.23. The fraction of sp³-hybridized carbons (Fsp3) is 0.391. The molecule has 2 aromatic heterocycles. The van der Waals surface area contributed by atoms with Crippen molar-refractivity contribution in [2.24, 2.45) is 11.3 Å². The molecule has 4 rings (SSSR count). The summed E-state index contributed by atoms with van der Waals surface area (Å²) >= 11 is 3.28. The summed E-state index contributed by atoms with van der Waals surface area (Å²) < 4.78 is 1.78. The number of hydrogen-bond acceptors (Lipinski definition) is 4. The minimum Gasteiger partial charge on any atom is -0.268 e. The number of para-hydroxylation sites is 1. The topological polar surface area (TPSA) is 34.9 Å². The quantitative estimate of drug-likeness (QED) is 0.306. The maximum absolute atomic E-state index is 13.6. The van der Waals surface area contributed by atoms with Crippen LogP contribution in [0, 0.1) is 11.3 Å². The molecule has 1 atom stereocenters. The normalized spacial score (nSPS) is 16.9. The molecule has 1 aliphatic carbocycles. The summed E-state index contributed by atoms with van der Waals surface area (Å²) in [5.74, 6) is 1.38. The molecular weight excluding hydrogens is 384 g/mol. The molecule has 1 aromatic carbocycles. The molecule has 0 N–H and O–H groups in total. The zero-order chi connectivity index (χ0) is 19.9. The van der Waals surface area contributed by atoms with Crippen LogP contribution in [-0.2, 0) is 12.8 Å². The van der Waals surface area contributed by atoms with Gasteiger partial charge in [0.15, 0.2) is 5.16 Å². The second-order valence-electron chi connectivity index (χ2n) is 8.46. The van der Waals surface area contributed by atoms with Crippen LogP contribution >= 0.6 is 23.1 Å². The fourth-order valence-electron chi connectivity index (χ4n) is 3.98. The van der Waals surface area contributed by atoms with E-state index >= 15 is 0 Å². The second kappa shape index (κ2) is 7.53. The maximum Gasteiger partial charge on any atom is 0.267 e. The van der Waals surface area contributed by atoms with Gasteiger partial charge in [-0.2, -0.15) is 0 Å². The number of nitrogens with zero attached hydrogens (tertiary/aromatic N) is 2. The van der Waals surface area contributed by atoms with E-state index in [-0.39, 0.29) is 11.0 Å². The van der Waals surface area contributed by atoms with Gasteiger partial charge in [-0.1, -0.05) is 56.8 Å². The monoisotopic (exact) mass is 410 g/mol. The van der Waals surface area contributed by atoms with Crippen LogP contribution in [0.3, 0.4) is 0 Å². The van der Waals surface area contributed by atoms with E-state index in [1.54, 1.807) is 27.7 Å². The van der Waals surface area contributed by atoms with Crippen LogP contribution in [0.4, 0.5) is 0 Å². The lowest BCUT2D eigenvalue weighted by Crippen LogP contribution is -2.27. The molecule has 0 bridgehead atoms. The molecular formula is C23H26N2OS2. The SMILES string of the molecule is C=CCSc1nc2sc3c(c2c(=O)n1-c1ccccc1)CC[C@H](C(C)(C)C)C3. The molecule has 0 saturated heterocycles. The lowest BCUT2D eigenvalue weighted by Gasteiger charge is -2.33. The van der Waals surface area contributed by atoms with Crippen LogP contribution < -0.4 is 5.56 Å². The number of fused-ring (bicyclic) bond motifs is 3. The van der Waals surface area contributed by atoms with Gasteiger partial charge in [0, 0.05) is 10.6 Å². The van der Waals surface area contributed by atoms with Crippen LogP contribution in [0.2, 0.25) is 0 Å². The van der Waals surface area contributed by atoms with Crippen molar-refractivity contribution < 1.29 is 0 Å². The Labute approximate surface area is 174 Å². The van der Waals surface area contributed by atoms with Crippen LogP contribution in [0.25, 0.3) is 15.9 Å². The number of rotatable bonds is 4. The van der Waals surface area contributed by atoms with Gasteiger partial charge in [0.1, 0.15) is 4.83 Å². The Morgan fingerprint density at radius 1 is 1.32 bits per heavy atom. The third-order valence-corrected chi connectivity index (χ3v) is 7.70. The number of aryl methyl sites for hydroxylation is 1. The molecule has 3 nitrogen and oxygen atoms in total. The smallest absolute Gasteiger partial charge is 0.267 e. The highest BCUT2D eigenvalue weighted by molar-refractivity contribution is 7.99. The predicted molar refractivity (Wildman–Crippen MR) is 121 cm³/mol. The lowest BCUT2D eigenvalue weighted by molar-refractivity contribution is 0.218. The van der Waals surface area contributed by atoms with Crippen LogP contribution in [0.1, 0.15) is 37.6 Å². The molecule has 5 heteroatoms. The summed E-state index contributed by atoms with van der Waals surface area (Å²) in [5.41, 5.74) is 2.46. The van der Waals surface area contributed by atoms with E-state index in [0.717, 1.165) is 46.1 Å². The van der Waals surface area contributed by atoms with Crippen molar-refractivity contribution in [3.63, 3.8) is 0 Å². The van der Waals surface area contributed by atoms with Crippen molar-refractivity contribution in [3.05, 3.63) is 63.8 Å². The van der Waals surface area contributed by atoms with Gasteiger partial charge in [-0.3, -0.25) is 9.36 Å². The van der Waals surface area contributed by atoms with Gasteiger partial charge in [-0.05, 0) is 48.3 Å². The first-order valence-corrected chi connectivity index (χ1v) is 11.6. The van der Waals surface area contributed by atoms with Gasteiger partial charge < -0.3 is 0 Å². The molecule has 1 aliphatic rings. The molecule has 0 fully saturated rings. The third-order valence-electron chi connectivity index (χ3n) is 5.62. The van der Waals surface area contributed by atoms with Crippen LogP contribution in [0.5, 0.6) is 0 Å². The zero-order valence-electron chi connectivity index (χ0n) is 16.7. The van der Waals surface area contributed by atoms with Gasteiger partial charge in [0.25, 0.3) is 5.56 Å². The number of benzene rings is 1. The second-order valence-corrected chi connectivity index (χ2v) is 10.5. The van der Waals surface area contributed by atoms with Gasteiger partial charge in [0.2, 0.25) is 0 Å². The van der Waals surface area contributed by atoms with Crippen molar-refractivity contribution in [1.29, 1.82) is 0 Å². The number of hydrogen-bond donors (Lipinski definition) is 0. The van der Waals surface area contributed by atoms with E-state index in [2.05, 4.69) is 27.4 Å². The minimum absolute atomic E-state index is 0.0643. The molecule has 0 saturated carbocycles. The Bertz CT molecular complexity index is 1070. The number of thiophene rings is 1. The minimum atomic E-state index is 0.0643. The Hall–Kier alpha value is -1.85. The molecule has 146 valence electrons. The van der Waals surface area contributed by atoms with E-state index in [1.807, 2.05) is 36.4 Å². The highest BCUT2D eigenvalue weighted by Gasteiger charge is 2.32. The van der Waals surface area contributed by atoms with Gasteiger partial charge in [-0.15, -0.1) is 17.9 Å². The largest absolute Gasteiger partial charge is 0.268 e. The van der Waals surface area contributed by atoms with Crippen molar-refractivity contribution in [3.8, 4) is 5.69 Å². The molecule has 28 heavy (non-hydrogen) atoms. The molecule has 2 heterocycles. The fourth-order valence-corrected chi connectivity index (χ4v) is 6.07. The van der Waals surface area contributed by atoms with E-state index in [9.17, 15) is 4.79 Å². The summed E-state index contributed by atoms with van der Waals surface area (Å²) in [6.45, 7) is 10.8. The molecule has 0 unspecified atom stereocenters. The van der Waals surface area contributed by atoms with E-state index in [1.165, 1.54) is 10.4 Å². The Balaban J connectivity index is 1.91. The van der Waals surface area contributed by atoms with Crippen molar-refractivity contribution in [2.45, 2.75) is 45.2 Å². The highest BCUT2D eigenvalue weighted by atomic mass is 32.2. The molecule has 3 aromatic rings. The summed E-state index contributed by atoms with van der Waals surface area (Å²) in [5, 5.41) is 1.58. The van der Waals surface area contributed by atoms with Crippen molar-refractivity contribution >= 4 is 33.3 Å². The van der Waals surface area contributed by atoms with E-state index in [4.69, 9.17) is 4.98 Å². The van der Waals surface area contributed by atoms with Gasteiger partial charge >= 0.3 is 0 Å². The first-order valence-electron chi connectivity index (χ1n) is 9.76. The Morgan fingerprint density at radius 3 is 2.75 bits per heavy atom. The maximum atomic E-state index is 13.6. The first-order chi connectivity index (χ1) is 13.4. The van der Waals surface area contributed by atoms with E-state index in [0.29, 0.717) is 5.92 Å². The summed E-state index contributed by atoms with van der Waals surface area (Å²) in [6, 6.07) is 9.84. The average molecular weight is 411 g/mol. The zero-order valence-corrected chi connectivity index (χ0v) is 18.3. The summed E-state index contributed by atoms with van der Waals surface area (Å²) in [4.78, 5) is 20.8. The van der Waals surface area contributed by atoms with Crippen LogP contribution in [0.15, 0.2) is 52.9 Å². The van der Waals surface area contributed by atoms with Crippen LogP contribution in [-0.4, -0.2) is 15.3 Å². The molecule has 0 aliphatic heterocycles. The summed E-state index contributed by atoms with van der Waals surface area (Å²) in [6.07, 6.45) is 5.02. The number of aromatic nitrogens is 2. The van der Waals surface area contributed by atoms with Crippen molar-refractivity contribution in [1.82, 2.24) is 9.55 Å². The molecule has 0 amide bonds. The van der Waals surface area contributed by atoms with E-state index < -0.39 is 0 Å². The average Bonchev–Trinajstić information content (AvgIpc) is 3.04. The highest BCUT2D eigenvalue weighted by Crippen LogP contribution is 2.42. The Morgan fingerprint density at radius 2 is 2.07 bits per heavy atom. The molecule has 0 spiro atoms. The van der Waals surface area contributed by atoms with Gasteiger partial charge in [0.05, 0.1) is 11.1 Å². The standard InChI is InChI=1S/C23H26N2OS2/c1-5-13-27-22-24-20-19(21(26)25(22)16-9-7-6-8-10-16)17-12-11-15(23(2,3)4)14-18(17)28-20/h5-10,15H,1,11-14H2,2-4H3/t15-/m0/s1. The lowest BCUT2D eigenvalue weighted by atomic mass is 9.72. The summed E-state index contributed by atoms with van der Waals surface area (Å²) in [7, 11) is 0.